The van der Waals surface area contributed by atoms with Crippen LogP contribution in [0.4, 0.5) is 0 Å². The van der Waals surface area contributed by atoms with Gasteiger partial charge >= 0.3 is 5.97 Å². The first kappa shape index (κ1) is 29.4. The topological polar surface area (TPSA) is 61.8 Å². The summed E-state index contributed by atoms with van der Waals surface area (Å²) in [6.07, 6.45) is 14.7. The molecule has 1 fully saturated rings. The Morgan fingerprint density at radius 2 is 1.83 bits per heavy atom. The van der Waals surface area contributed by atoms with E-state index in [0.29, 0.717) is 36.2 Å². The van der Waals surface area contributed by atoms with Crippen LogP contribution in [0.3, 0.4) is 0 Å². The van der Waals surface area contributed by atoms with Gasteiger partial charge in [-0.1, -0.05) is 71.4 Å². The van der Waals surface area contributed by atoms with Crippen molar-refractivity contribution in [1.29, 1.82) is 0 Å². The summed E-state index contributed by atoms with van der Waals surface area (Å²) in [5, 5.41) is 0. The van der Waals surface area contributed by atoms with Gasteiger partial charge in [0.1, 0.15) is 12.0 Å². The number of methoxy groups -OCH3 is 2. The van der Waals surface area contributed by atoms with E-state index in [1.807, 2.05) is 27.0 Å². The summed E-state index contributed by atoms with van der Waals surface area (Å²) in [6, 6.07) is 6.27. The average Bonchev–Trinajstić information content (AvgIpc) is 3.20. The Bertz CT molecular complexity index is 759. The minimum Gasteiger partial charge on any atom is -0.482 e. The van der Waals surface area contributed by atoms with Crippen molar-refractivity contribution in [1.82, 2.24) is 0 Å². The van der Waals surface area contributed by atoms with Crippen molar-refractivity contribution in [3.8, 4) is 5.75 Å². The highest BCUT2D eigenvalue weighted by Crippen LogP contribution is 2.49. The number of carbonyl (C=O) groups is 2. The monoisotopic (exact) mass is 488 g/mol. The van der Waals surface area contributed by atoms with E-state index in [1.54, 1.807) is 0 Å². The second kappa shape index (κ2) is 16.0. The Labute approximate surface area is 213 Å². The second-order valence-electron chi connectivity index (χ2n) is 10.6. The minimum atomic E-state index is -0.337. The molecule has 1 saturated carbocycles. The number of esters is 1. The van der Waals surface area contributed by atoms with Crippen molar-refractivity contribution in [2.75, 3.05) is 20.8 Å². The lowest BCUT2D eigenvalue weighted by Gasteiger charge is -2.32. The van der Waals surface area contributed by atoms with Gasteiger partial charge in [0.05, 0.1) is 13.2 Å². The molecule has 0 heterocycles. The first-order valence-corrected chi connectivity index (χ1v) is 13.7. The fourth-order valence-electron chi connectivity index (χ4n) is 5.73. The molecule has 5 nitrogen and oxygen atoms in total. The predicted octanol–water partition coefficient (Wildman–Crippen LogP) is 6.59. The zero-order valence-corrected chi connectivity index (χ0v) is 22.7. The first-order valence-electron chi connectivity index (χ1n) is 13.7. The zero-order valence-electron chi connectivity index (χ0n) is 22.7. The van der Waals surface area contributed by atoms with Gasteiger partial charge in [-0.2, -0.15) is 0 Å². The van der Waals surface area contributed by atoms with Crippen LogP contribution in [0.1, 0.15) is 89.7 Å². The van der Waals surface area contributed by atoms with E-state index < -0.39 is 0 Å². The van der Waals surface area contributed by atoms with Crippen LogP contribution >= 0.6 is 0 Å². The molecule has 3 rings (SSSR count). The maximum absolute atomic E-state index is 11.5. The predicted molar refractivity (Wildman–Crippen MR) is 141 cm³/mol. The summed E-state index contributed by atoms with van der Waals surface area (Å²) in [4.78, 5) is 21.1. The number of aldehydes is 1. The van der Waals surface area contributed by atoms with Gasteiger partial charge in [0.2, 0.25) is 0 Å². The van der Waals surface area contributed by atoms with Crippen LogP contribution in [-0.4, -0.2) is 39.2 Å². The summed E-state index contributed by atoms with van der Waals surface area (Å²) in [7, 11) is 3.28. The Balaban J connectivity index is 0.000000641. The number of rotatable bonds is 13. The summed E-state index contributed by atoms with van der Waals surface area (Å²) < 4.78 is 16.4. The summed E-state index contributed by atoms with van der Waals surface area (Å²) in [5.74, 6) is 3.07. The van der Waals surface area contributed by atoms with Crippen molar-refractivity contribution >= 4 is 12.3 Å². The van der Waals surface area contributed by atoms with E-state index in [0.717, 1.165) is 31.3 Å². The molecule has 4 atom stereocenters. The van der Waals surface area contributed by atoms with Gasteiger partial charge < -0.3 is 19.0 Å². The molecule has 1 aromatic carbocycles. The van der Waals surface area contributed by atoms with E-state index in [1.165, 1.54) is 63.2 Å². The summed E-state index contributed by atoms with van der Waals surface area (Å²) >= 11 is 0. The maximum atomic E-state index is 11.5. The number of hydrogen-bond acceptors (Lipinski definition) is 5. The lowest BCUT2D eigenvalue weighted by Crippen LogP contribution is -2.27. The van der Waals surface area contributed by atoms with Crippen LogP contribution in [0.5, 0.6) is 5.75 Å². The molecule has 198 valence electrons. The lowest BCUT2D eigenvalue weighted by molar-refractivity contribution is -0.142. The number of ether oxygens (including phenoxy) is 3. The molecule has 1 aromatic rings. The Kier molecular flexibility index (Phi) is 13.4. The molecular formula is C30H48O5. The SMILES string of the molecule is CC(C)CC=O.CCCCCCCCC1C2Cc3cccc(OCC(=O)OC)c3CC2C[C@H]1OC. The summed E-state index contributed by atoms with van der Waals surface area (Å²) in [6.45, 7) is 6.29. The third kappa shape index (κ3) is 9.25. The van der Waals surface area contributed by atoms with E-state index in [2.05, 4.69) is 19.1 Å². The minimum absolute atomic E-state index is 0.0254. The number of hydrogen-bond donors (Lipinski definition) is 0. The van der Waals surface area contributed by atoms with Crippen molar-refractivity contribution in [3.05, 3.63) is 29.3 Å². The highest BCUT2D eigenvalue weighted by atomic mass is 16.6. The van der Waals surface area contributed by atoms with Crippen LogP contribution in [0.15, 0.2) is 18.2 Å². The van der Waals surface area contributed by atoms with E-state index in [-0.39, 0.29) is 12.6 Å². The molecule has 35 heavy (non-hydrogen) atoms. The van der Waals surface area contributed by atoms with Gasteiger partial charge in [0.25, 0.3) is 0 Å². The van der Waals surface area contributed by atoms with Crippen molar-refractivity contribution in [3.63, 3.8) is 0 Å². The second-order valence-corrected chi connectivity index (χ2v) is 10.6. The molecule has 0 amide bonds. The molecule has 5 heteroatoms. The Morgan fingerprint density at radius 3 is 2.46 bits per heavy atom. The Morgan fingerprint density at radius 1 is 1.09 bits per heavy atom. The molecule has 0 bridgehead atoms. The van der Waals surface area contributed by atoms with Crippen molar-refractivity contribution in [2.45, 2.75) is 97.5 Å². The van der Waals surface area contributed by atoms with E-state index in [9.17, 15) is 9.59 Å². The smallest absolute Gasteiger partial charge is 0.343 e. The van der Waals surface area contributed by atoms with Gasteiger partial charge in [-0.3, -0.25) is 0 Å². The highest BCUT2D eigenvalue weighted by Gasteiger charge is 2.45. The molecule has 3 unspecified atom stereocenters. The molecule has 2 aliphatic rings. The molecule has 0 aliphatic heterocycles. The molecular weight excluding hydrogens is 440 g/mol. The van der Waals surface area contributed by atoms with E-state index >= 15 is 0 Å². The largest absolute Gasteiger partial charge is 0.482 e. The fourth-order valence-corrected chi connectivity index (χ4v) is 5.73. The highest BCUT2D eigenvalue weighted by molar-refractivity contribution is 5.71. The molecule has 0 spiro atoms. The normalized spacial score (nSPS) is 22.6. The van der Waals surface area contributed by atoms with Crippen molar-refractivity contribution < 1.29 is 23.8 Å². The molecule has 0 N–H and O–H groups in total. The van der Waals surface area contributed by atoms with Crippen LogP contribution in [0, 0.1) is 23.7 Å². The quantitative estimate of drug-likeness (QED) is 0.178. The maximum Gasteiger partial charge on any atom is 0.343 e. The van der Waals surface area contributed by atoms with E-state index in [4.69, 9.17) is 14.2 Å². The molecule has 0 saturated heterocycles. The zero-order chi connectivity index (χ0) is 25.6. The van der Waals surface area contributed by atoms with Gasteiger partial charge in [0.15, 0.2) is 6.61 Å². The van der Waals surface area contributed by atoms with Crippen molar-refractivity contribution in [2.24, 2.45) is 23.7 Å². The van der Waals surface area contributed by atoms with Crippen LogP contribution in [0.25, 0.3) is 0 Å². The Hall–Kier alpha value is -1.88. The number of fused-ring (bicyclic) bond motifs is 2. The number of unbranched alkanes of at least 4 members (excludes halogenated alkanes) is 5. The van der Waals surface area contributed by atoms with Crippen LogP contribution in [-0.2, 0) is 31.9 Å². The van der Waals surface area contributed by atoms with Crippen LogP contribution in [0.2, 0.25) is 0 Å². The first-order chi connectivity index (χ1) is 16.9. The average molecular weight is 489 g/mol. The molecule has 0 radical (unpaired) electrons. The van der Waals surface area contributed by atoms with Gasteiger partial charge in [-0.25, -0.2) is 4.79 Å². The fraction of sp³-hybridized carbons (Fsp3) is 0.733. The molecule has 2 aliphatic carbocycles. The lowest BCUT2D eigenvalue weighted by atomic mass is 9.73. The number of carbonyl (C=O) groups excluding carboxylic acids is 2. The third-order valence-corrected chi connectivity index (χ3v) is 7.65. The van der Waals surface area contributed by atoms with Gasteiger partial charge in [0, 0.05) is 13.5 Å². The standard InChI is InChI=1S/C25H38O4.C5H10O/c1-4-5-6-7-8-9-12-20-21-14-18-11-10-13-23(29-17-25(26)28-3)22(18)15-19(21)16-24(20)27-2;1-5(2)3-4-6/h10-11,13,19-21,24H,4-9,12,14-17H2,1-3H3;4-5H,3H2,1-2H3/t19?,20?,21?,24-;/m1./s1. The molecule has 0 aromatic heterocycles. The van der Waals surface area contributed by atoms with Gasteiger partial charge in [-0.15, -0.1) is 0 Å². The summed E-state index contributed by atoms with van der Waals surface area (Å²) in [5.41, 5.74) is 2.67. The van der Waals surface area contributed by atoms with Crippen LogP contribution < -0.4 is 4.74 Å². The van der Waals surface area contributed by atoms with Gasteiger partial charge in [-0.05, 0) is 66.5 Å². The number of benzene rings is 1. The third-order valence-electron chi connectivity index (χ3n) is 7.65.